The van der Waals surface area contributed by atoms with Crippen molar-refractivity contribution in [2.45, 2.75) is 18.2 Å². The molecule has 0 saturated carbocycles. The molecule has 0 unspecified atom stereocenters. The van der Waals surface area contributed by atoms with Gasteiger partial charge in [-0.1, -0.05) is 6.92 Å². The molecule has 1 aromatic heterocycles. The van der Waals surface area contributed by atoms with Gasteiger partial charge in [0.2, 0.25) is 0 Å². The molecule has 1 aromatic rings. The number of thioether (sulfide) groups is 1. The summed E-state index contributed by atoms with van der Waals surface area (Å²) in [5, 5.41) is 16.9. The molecule has 3 N–H and O–H groups in total. The maximum Gasteiger partial charge on any atom is 0.160 e. The smallest absolute Gasteiger partial charge is 0.160 e. The van der Waals surface area contributed by atoms with E-state index in [2.05, 4.69) is 10.2 Å². The van der Waals surface area contributed by atoms with E-state index in [0.717, 1.165) is 28.8 Å². The quantitative estimate of drug-likeness (QED) is 0.512. The summed E-state index contributed by atoms with van der Waals surface area (Å²) < 4.78 is 0. The monoisotopic (exact) mass is 168 g/mol. The van der Waals surface area contributed by atoms with E-state index in [9.17, 15) is 0 Å². The fraction of sp³-hybridized carbons (Fsp3) is 0.333. The van der Waals surface area contributed by atoms with Gasteiger partial charge in [-0.3, -0.25) is 5.10 Å². The van der Waals surface area contributed by atoms with Crippen LogP contribution in [0, 0.1) is 10.7 Å². The standard InChI is InChI=1S/C6H8N4S/c1-2-4-5(11-3-7)6(8)10-9-4/h2H2,1H3,(H3,8,9,10). The van der Waals surface area contributed by atoms with E-state index in [1.165, 1.54) is 0 Å². The van der Waals surface area contributed by atoms with Gasteiger partial charge in [0.1, 0.15) is 5.40 Å². The lowest BCUT2D eigenvalue weighted by Crippen LogP contribution is -1.86. The van der Waals surface area contributed by atoms with E-state index < -0.39 is 0 Å². The Morgan fingerprint density at radius 3 is 3.09 bits per heavy atom. The molecule has 0 saturated heterocycles. The van der Waals surface area contributed by atoms with Crippen LogP contribution in [0.4, 0.5) is 5.82 Å². The minimum absolute atomic E-state index is 0.411. The third-order valence-electron chi connectivity index (χ3n) is 1.32. The molecule has 0 aromatic carbocycles. The van der Waals surface area contributed by atoms with Crippen molar-refractivity contribution in [1.82, 2.24) is 10.2 Å². The summed E-state index contributed by atoms with van der Waals surface area (Å²) in [6, 6.07) is 0. The van der Waals surface area contributed by atoms with Crippen molar-refractivity contribution in [2.75, 3.05) is 5.73 Å². The number of hydrogen-bond acceptors (Lipinski definition) is 4. The van der Waals surface area contributed by atoms with E-state index in [0.29, 0.717) is 5.82 Å². The Bertz CT molecular complexity index is 285. The number of anilines is 1. The first-order chi connectivity index (χ1) is 5.29. The van der Waals surface area contributed by atoms with Crippen molar-refractivity contribution < 1.29 is 0 Å². The fourth-order valence-corrected chi connectivity index (χ4v) is 1.34. The molecule has 58 valence electrons. The highest BCUT2D eigenvalue weighted by Gasteiger charge is 2.08. The van der Waals surface area contributed by atoms with E-state index in [1.54, 1.807) is 0 Å². The Balaban J connectivity index is 2.99. The molecule has 5 heteroatoms. The largest absolute Gasteiger partial charge is 0.381 e. The van der Waals surface area contributed by atoms with Gasteiger partial charge in [-0.15, -0.1) is 0 Å². The van der Waals surface area contributed by atoms with Gasteiger partial charge < -0.3 is 5.73 Å². The lowest BCUT2D eigenvalue weighted by Gasteiger charge is -1.92. The Morgan fingerprint density at radius 2 is 2.55 bits per heavy atom. The Hall–Kier alpha value is -1.15. The Labute approximate surface area is 68.8 Å². The summed E-state index contributed by atoms with van der Waals surface area (Å²) >= 11 is 1.05. The summed E-state index contributed by atoms with van der Waals surface area (Å²) in [7, 11) is 0. The molecule has 0 radical (unpaired) electrons. The zero-order valence-electron chi connectivity index (χ0n) is 6.09. The van der Waals surface area contributed by atoms with Gasteiger partial charge in [-0.2, -0.15) is 10.4 Å². The second-order valence-corrected chi connectivity index (χ2v) is 2.76. The molecule has 0 atom stereocenters. The predicted octanol–water partition coefficient (Wildman–Crippen LogP) is 1.13. The normalized spacial score (nSPS) is 9.45. The second-order valence-electron chi connectivity index (χ2n) is 1.96. The highest BCUT2D eigenvalue weighted by Crippen LogP contribution is 2.25. The molecule has 1 rings (SSSR count). The van der Waals surface area contributed by atoms with Gasteiger partial charge in [0.05, 0.1) is 10.6 Å². The summed E-state index contributed by atoms with van der Waals surface area (Å²) in [5.74, 6) is 0.411. The van der Waals surface area contributed by atoms with Crippen LogP contribution in [-0.2, 0) is 6.42 Å². The highest BCUT2D eigenvalue weighted by molar-refractivity contribution is 8.03. The van der Waals surface area contributed by atoms with Crippen LogP contribution in [0.2, 0.25) is 0 Å². The van der Waals surface area contributed by atoms with Gasteiger partial charge in [0.15, 0.2) is 5.82 Å². The Kier molecular flexibility index (Phi) is 2.39. The Morgan fingerprint density at radius 1 is 1.82 bits per heavy atom. The van der Waals surface area contributed by atoms with Gasteiger partial charge >= 0.3 is 0 Å². The number of nitrogens with two attached hydrogens (primary N) is 1. The van der Waals surface area contributed by atoms with Crippen molar-refractivity contribution >= 4 is 17.6 Å². The summed E-state index contributed by atoms with van der Waals surface area (Å²) in [5.41, 5.74) is 6.41. The molecule has 0 aliphatic heterocycles. The van der Waals surface area contributed by atoms with Crippen molar-refractivity contribution in [1.29, 1.82) is 5.26 Å². The first-order valence-electron chi connectivity index (χ1n) is 3.18. The zero-order valence-corrected chi connectivity index (χ0v) is 6.90. The first-order valence-corrected chi connectivity index (χ1v) is 3.99. The number of nitriles is 1. The minimum Gasteiger partial charge on any atom is -0.381 e. The summed E-state index contributed by atoms with van der Waals surface area (Å²) in [4.78, 5) is 0.759. The van der Waals surface area contributed by atoms with Gasteiger partial charge in [0, 0.05) is 0 Å². The molecule has 4 nitrogen and oxygen atoms in total. The van der Waals surface area contributed by atoms with Gasteiger partial charge in [-0.05, 0) is 18.2 Å². The van der Waals surface area contributed by atoms with Crippen molar-refractivity contribution in [3.63, 3.8) is 0 Å². The number of aromatic amines is 1. The molecule has 0 aliphatic carbocycles. The molecule has 11 heavy (non-hydrogen) atoms. The van der Waals surface area contributed by atoms with Crippen LogP contribution >= 0.6 is 11.8 Å². The lowest BCUT2D eigenvalue weighted by atomic mass is 10.3. The number of hydrogen-bond donors (Lipinski definition) is 2. The highest BCUT2D eigenvalue weighted by atomic mass is 32.2. The first kappa shape index (κ1) is 7.95. The SMILES string of the molecule is CCc1[nH]nc(N)c1SC#N. The van der Waals surface area contributed by atoms with Gasteiger partial charge in [0.25, 0.3) is 0 Å². The van der Waals surface area contributed by atoms with Crippen LogP contribution in [0.15, 0.2) is 4.90 Å². The summed E-state index contributed by atoms with van der Waals surface area (Å²) in [6.45, 7) is 1.98. The average molecular weight is 168 g/mol. The molecule has 0 bridgehead atoms. The number of thiocyanates is 1. The van der Waals surface area contributed by atoms with Crippen LogP contribution in [0.25, 0.3) is 0 Å². The number of H-pyrrole nitrogens is 1. The molecule has 0 fully saturated rings. The minimum atomic E-state index is 0.411. The van der Waals surface area contributed by atoms with E-state index in [-0.39, 0.29) is 0 Å². The molecule has 1 heterocycles. The number of nitrogens with one attached hydrogen (secondary N) is 1. The van der Waals surface area contributed by atoms with Crippen LogP contribution in [-0.4, -0.2) is 10.2 Å². The predicted molar refractivity (Wildman–Crippen MR) is 43.8 cm³/mol. The maximum absolute atomic E-state index is 8.40. The number of aryl methyl sites for hydroxylation is 1. The van der Waals surface area contributed by atoms with Crippen LogP contribution in [0.3, 0.4) is 0 Å². The van der Waals surface area contributed by atoms with Gasteiger partial charge in [-0.25, -0.2) is 0 Å². The fourth-order valence-electron chi connectivity index (χ4n) is 0.783. The maximum atomic E-state index is 8.40. The van der Waals surface area contributed by atoms with Crippen molar-refractivity contribution in [2.24, 2.45) is 0 Å². The summed E-state index contributed by atoms with van der Waals surface area (Å²) in [6.07, 6.45) is 0.814. The van der Waals surface area contributed by atoms with E-state index in [1.807, 2.05) is 12.3 Å². The zero-order chi connectivity index (χ0) is 8.27. The van der Waals surface area contributed by atoms with Crippen LogP contribution in [0.1, 0.15) is 12.6 Å². The van der Waals surface area contributed by atoms with Crippen LogP contribution in [0.5, 0.6) is 0 Å². The average Bonchev–Trinajstić information content (AvgIpc) is 2.34. The molecule has 0 spiro atoms. The topological polar surface area (TPSA) is 78.5 Å². The lowest BCUT2D eigenvalue weighted by molar-refractivity contribution is 0.962. The molecule has 0 aliphatic rings. The van der Waals surface area contributed by atoms with Crippen molar-refractivity contribution in [3.05, 3.63) is 5.69 Å². The number of rotatable bonds is 2. The number of nitrogens with zero attached hydrogens (tertiary/aromatic N) is 2. The second kappa shape index (κ2) is 3.30. The molecular formula is C6H8N4S. The van der Waals surface area contributed by atoms with Crippen LogP contribution < -0.4 is 5.73 Å². The van der Waals surface area contributed by atoms with Crippen molar-refractivity contribution in [3.8, 4) is 5.40 Å². The third-order valence-corrected chi connectivity index (χ3v) is 2.07. The third kappa shape index (κ3) is 1.46. The van der Waals surface area contributed by atoms with E-state index >= 15 is 0 Å². The van der Waals surface area contributed by atoms with E-state index in [4.69, 9.17) is 11.0 Å². The number of aromatic nitrogens is 2. The molecule has 0 amide bonds. The molecular weight excluding hydrogens is 160 g/mol. The number of nitrogen functional groups attached to an aromatic ring is 1.